The fraction of sp³-hybridized carbons (Fsp3) is 0.238. The average Bonchev–Trinajstić information content (AvgIpc) is 3.15. The van der Waals surface area contributed by atoms with Crippen LogP contribution in [0.15, 0.2) is 53.1 Å². The normalized spacial score (nSPS) is 13.0. The Hall–Kier alpha value is -3.48. The summed E-state index contributed by atoms with van der Waals surface area (Å²) in [5.41, 5.74) is 2.33. The number of amides is 1. The molecule has 0 aliphatic carbocycles. The summed E-state index contributed by atoms with van der Waals surface area (Å²) in [4.78, 5) is 14.7. The molecular formula is C21H21N3O4. The van der Waals surface area contributed by atoms with E-state index in [0.717, 1.165) is 22.8 Å². The van der Waals surface area contributed by atoms with Gasteiger partial charge >= 0.3 is 0 Å². The highest BCUT2D eigenvalue weighted by Gasteiger charge is 2.28. The van der Waals surface area contributed by atoms with Gasteiger partial charge in [0.25, 0.3) is 5.91 Å². The second-order valence-corrected chi connectivity index (χ2v) is 6.50. The van der Waals surface area contributed by atoms with E-state index in [1.165, 1.54) is 0 Å². The third kappa shape index (κ3) is 3.51. The second kappa shape index (κ2) is 7.64. The molecule has 0 saturated heterocycles. The number of rotatable bonds is 5. The minimum atomic E-state index is -0.0434. The number of carbonyl (C=O) groups is 1. The number of carbonyl (C=O) groups excluding carboxylic acids is 1. The molecule has 0 spiro atoms. The van der Waals surface area contributed by atoms with Crippen LogP contribution < -0.4 is 14.8 Å². The molecule has 0 saturated carbocycles. The quantitative estimate of drug-likeness (QED) is 0.729. The lowest BCUT2D eigenvalue weighted by Crippen LogP contribution is -2.35. The number of benzene rings is 2. The molecule has 28 heavy (non-hydrogen) atoms. The summed E-state index contributed by atoms with van der Waals surface area (Å²) in [5.74, 6) is 2.79. The van der Waals surface area contributed by atoms with Crippen molar-refractivity contribution in [3.8, 4) is 11.5 Å². The van der Waals surface area contributed by atoms with Crippen molar-refractivity contribution in [3.63, 3.8) is 0 Å². The molecule has 2 heterocycles. The van der Waals surface area contributed by atoms with Gasteiger partial charge in [-0.15, -0.1) is 0 Å². The molecule has 0 radical (unpaired) electrons. The smallest absolute Gasteiger partial charge is 0.254 e. The van der Waals surface area contributed by atoms with Gasteiger partial charge in [0.1, 0.15) is 17.3 Å². The monoisotopic (exact) mass is 379 g/mol. The van der Waals surface area contributed by atoms with E-state index in [0.29, 0.717) is 36.6 Å². The molecule has 1 amide bonds. The van der Waals surface area contributed by atoms with Crippen molar-refractivity contribution >= 4 is 17.4 Å². The van der Waals surface area contributed by atoms with Crippen molar-refractivity contribution in [2.45, 2.75) is 13.0 Å². The number of anilines is 2. The van der Waals surface area contributed by atoms with E-state index < -0.39 is 0 Å². The van der Waals surface area contributed by atoms with Gasteiger partial charge in [-0.05, 0) is 30.3 Å². The number of nitrogens with one attached hydrogen (secondary N) is 1. The van der Waals surface area contributed by atoms with Crippen molar-refractivity contribution in [3.05, 3.63) is 65.4 Å². The Balaban J connectivity index is 1.54. The number of fused-ring (bicyclic) bond motifs is 1. The maximum atomic E-state index is 12.9. The SMILES string of the molecule is COc1cccc(Nc2noc3c2CN(C(=O)c2cccc(OC)c2)CC3)c1. The summed E-state index contributed by atoms with van der Waals surface area (Å²) < 4.78 is 16.0. The van der Waals surface area contributed by atoms with Crippen molar-refractivity contribution in [1.82, 2.24) is 10.1 Å². The van der Waals surface area contributed by atoms with E-state index in [9.17, 15) is 4.79 Å². The van der Waals surface area contributed by atoms with Gasteiger partial charge in [-0.2, -0.15) is 0 Å². The van der Waals surface area contributed by atoms with Gasteiger partial charge in [-0.3, -0.25) is 4.79 Å². The number of ether oxygens (including phenoxy) is 2. The Morgan fingerprint density at radius 1 is 1.11 bits per heavy atom. The van der Waals surface area contributed by atoms with Crippen molar-refractivity contribution < 1.29 is 18.8 Å². The van der Waals surface area contributed by atoms with E-state index in [2.05, 4.69) is 10.5 Å². The number of methoxy groups -OCH3 is 2. The molecule has 4 rings (SSSR count). The molecule has 0 unspecified atom stereocenters. The molecule has 1 aliphatic heterocycles. The van der Waals surface area contributed by atoms with Crippen LogP contribution in [-0.2, 0) is 13.0 Å². The van der Waals surface area contributed by atoms with Gasteiger partial charge in [0.05, 0.1) is 26.3 Å². The van der Waals surface area contributed by atoms with Crippen LogP contribution in [0.3, 0.4) is 0 Å². The minimum Gasteiger partial charge on any atom is -0.497 e. The van der Waals surface area contributed by atoms with Crippen LogP contribution in [0.4, 0.5) is 11.5 Å². The predicted molar refractivity (Wildman–Crippen MR) is 104 cm³/mol. The summed E-state index contributed by atoms with van der Waals surface area (Å²) in [7, 11) is 3.21. The van der Waals surface area contributed by atoms with E-state index in [4.69, 9.17) is 14.0 Å². The fourth-order valence-corrected chi connectivity index (χ4v) is 3.26. The Morgan fingerprint density at radius 2 is 1.86 bits per heavy atom. The van der Waals surface area contributed by atoms with Gasteiger partial charge in [0.2, 0.25) is 0 Å². The molecule has 0 fully saturated rings. The molecule has 7 heteroatoms. The molecule has 3 aromatic rings. The Labute approximate surface area is 162 Å². The molecular weight excluding hydrogens is 358 g/mol. The van der Waals surface area contributed by atoms with E-state index in [1.807, 2.05) is 36.4 Å². The molecule has 7 nitrogen and oxygen atoms in total. The van der Waals surface area contributed by atoms with Gasteiger partial charge in [-0.1, -0.05) is 17.3 Å². The highest BCUT2D eigenvalue weighted by Crippen LogP contribution is 2.30. The van der Waals surface area contributed by atoms with E-state index in [1.54, 1.807) is 31.3 Å². The summed E-state index contributed by atoms with van der Waals surface area (Å²) in [5, 5.41) is 7.42. The summed E-state index contributed by atoms with van der Waals surface area (Å²) in [6.07, 6.45) is 0.623. The number of hydrogen-bond acceptors (Lipinski definition) is 6. The lowest BCUT2D eigenvalue weighted by Gasteiger charge is -2.26. The van der Waals surface area contributed by atoms with Crippen molar-refractivity contribution in [2.75, 3.05) is 26.1 Å². The number of aromatic nitrogens is 1. The lowest BCUT2D eigenvalue weighted by atomic mass is 10.1. The summed E-state index contributed by atoms with van der Waals surface area (Å²) in [6, 6.07) is 14.8. The van der Waals surface area contributed by atoms with Crippen LogP contribution in [0.1, 0.15) is 21.7 Å². The maximum absolute atomic E-state index is 12.9. The number of hydrogen-bond donors (Lipinski definition) is 1. The van der Waals surface area contributed by atoms with Crippen molar-refractivity contribution in [1.29, 1.82) is 0 Å². The molecule has 0 atom stereocenters. The highest BCUT2D eigenvalue weighted by atomic mass is 16.5. The standard InChI is InChI=1S/C21H21N3O4/c1-26-16-7-3-5-14(11-16)21(25)24-10-9-19-18(13-24)20(23-28-19)22-15-6-4-8-17(12-15)27-2/h3-8,11-12H,9-10,13H2,1-2H3,(H,22,23). The second-order valence-electron chi connectivity index (χ2n) is 6.50. The van der Waals surface area contributed by atoms with Crippen LogP contribution in [0.5, 0.6) is 11.5 Å². The first-order chi connectivity index (χ1) is 13.7. The van der Waals surface area contributed by atoms with Crippen LogP contribution >= 0.6 is 0 Å². The Morgan fingerprint density at radius 3 is 2.64 bits per heavy atom. The zero-order valence-electron chi connectivity index (χ0n) is 15.8. The molecule has 144 valence electrons. The molecule has 2 aromatic carbocycles. The number of nitrogens with zero attached hydrogens (tertiary/aromatic N) is 2. The summed E-state index contributed by atoms with van der Waals surface area (Å²) >= 11 is 0. The first-order valence-electron chi connectivity index (χ1n) is 9.00. The van der Waals surface area contributed by atoms with E-state index >= 15 is 0 Å². The van der Waals surface area contributed by atoms with Crippen LogP contribution in [0.25, 0.3) is 0 Å². The average molecular weight is 379 g/mol. The molecule has 0 bridgehead atoms. The predicted octanol–water partition coefficient (Wildman–Crippen LogP) is 3.63. The first-order valence-corrected chi connectivity index (χ1v) is 9.00. The zero-order chi connectivity index (χ0) is 19.5. The third-order valence-corrected chi connectivity index (χ3v) is 4.76. The molecule has 1 aliphatic rings. The van der Waals surface area contributed by atoms with Gasteiger partial charge in [0, 0.05) is 30.3 Å². The Bertz CT molecular complexity index is 999. The fourth-order valence-electron chi connectivity index (χ4n) is 3.26. The van der Waals surface area contributed by atoms with Crippen molar-refractivity contribution in [2.24, 2.45) is 0 Å². The Kier molecular flexibility index (Phi) is 4.89. The van der Waals surface area contributed by atoms with Gasteiger partial charge < -0.3 is 24.2 Å². The summed E-state index contributed by atoms with van der Waals surface area (Å²) in [6.45, 7) is 1.01. The zero-order valence-corrected chi connectivity index (χ0v) is 15.8. The van der Waals surface area contributed by atoms with Crippen LogP contribution in [0.2, 0.25) is 0 Å². The molecule has 1 aromatic heterocycles. The largest absolute Gasteiger partial charge is 0.497 e. The van der Waals surface area contributed by atoms with Crippen LogP contribution in [0, 0.1) is 0 Å². The molecule has 1 N–H and O–H groups in total. The highest BCUT2D eigenvalue weighted by molar-refractivity contribution is 5.94. The lowest BCUT2D eigenvalue weighted by molar-refractivity contribution is 0.0729. The maximum Gasteiger partial charge on any atom is 0.254 e. The van der Waals surface area contributed by atoms with Crippen LogP contribution in [-0.4, -0.2) is 36.7 Å². The first kappa shape index (κ1) is 17.9. The minimum absolute atomic E-state index is 0.0434. The van der Waals surface area contributed by atoms with E-state index in [-0.39, 0.29) is 5.91 Å². The van der Waals surface area contributed by atoms with Gasteiger partial charge in [-0.25, -0.2) is 0 Å². The topological polar surface area (TPSA) is 76.8 Å². The van der Waals surface area contributed by atoms with Gasteiger partial charge in [0.15, 0.2) is 5.82 Å². The third-order valence-electron chi connectivity index (χ3n) is 4.76.